The summed E-state index contributed by atoms with van der Waals surface area (Å²) in [5.41, 5.74) is 4.14. The third-order valence-corrected chi connectivity index (χ3v) is 3.85. The summed E-state index contributed by atoms with van der Waals surface area (Å²) in [5, 5.41) is 4.70. The molecule has 0 aliphatic carbocycles. The molecule has 3 rings (SSSR count). The highest BCUT2D eigenvalue weighted by Gasteiger charge is 2.12. The lowest BCUT2D eigenvalue weighted by atomic mass is 10.00. The van der Waals surface area contributed by atoms with Crippen LogP contribution < -0.4 is 5.32 Å². The van der Waals surface area contributed by atoms with Gasteiger partial charge in [-0.15, -0.1) is 0 Å². The normalized spacial score (nSPS) is 16.2. The van der Waals surface area contributed by atoms with Crippen molar-refractivity contribution < 1.29 is 0 Å². The number of hydrogen-bond acceptors (Lipinski definition) is 1. The smallest absolute Gasteiger partial charge is 0.0484 e. The fraction of sp³-hybridized carbons (Fsp3) is 0.286. The minimum Gasteiger partial charge on any atom is -0.350 e. The summed E-state index contributed by atoms with van der Waals surface area (Å²) in [5.74, 6) is 0. The Morgan fingerprint density at radius 2 is 2.24 bits per heavy atom. The zero-order chi connectivity index (χ0) is 11.8. The van der Waals surface area contributed by atoms with Crippen molar-refractivity contribution in [2.75, 3.05) is 13.1 Å². The van der Waals surface area contributed by atoms with E-state index in [-0.39, 0.29) is 0 Å². The van der Waals surface area contributed by atoms with Crippen molar-refractivity contribution in [3.63, 3.8) is 0 Å². The number of nitrogens with one attached hydrogen (secondary N) is 1. The van der Waals surface area contributed by atoms with Crippen LogP contribution >= 0.6 is 15.9 Å². The van der Waals surface area contributed by atoms with E-state index in [1.54, 1.807) is 0 Å². The molecule has 1 aromatic heterocycles. The number of fused-ring (bicyclic) bond motifs is 1. The molecule has 0 bridgehead atoms. The van der Waals surface area contributed by atoms with E-state index in [1.165, 1.54) is 22.0 Å². The molecule has 2 heterocycles. The average Bonchev–Trinajstić information content (AvgIpc) is 2.67. The first-order chi connectivity index (χ1) is 8.25. The number of halogens is 1. The van der Waals surface area contributed by atoms with Crippen molar-refractivity contribution in [2.24, 2.45) is 7.05 Å². The quantitative estimate of drug-likeness (QED) is 0.853. The van der Waals surface area contributed by atoms with E-state index in [1.807, 2.05) is 0 Å². The Bertz CT molecular complexity index is 596. The molecule has 3 heteroatoms. The predicted molar refractivity (Wildman–Crippen MR) is 76.1 cm³/mol. The van der Waals surface area contributed by atoms with E-state index in [4.69, 9.17) is 0 Å². The van der Waals surface area contributed by atoms with Crippen LogP contribution in [0.1, 0.15) is 12.0 Å². The monoisotopic (exact) mass is 290 g/mol. The molecule has 0 radical (unpaired) electrons. The highest BCUT2D eigenvalue weighted by Crippen LogP contribution is 2.31. The van der Waals surface area contributed by atoms with Gasteiger partial charge < -0.3 is 9.88 Å². The molecular weight excluding hydrogens is 276 g/mol. The van der Waals surface area contributed by atoms with Gasteiger partial charge in [0.1, 0.15) is 0 Å². The Morgan fingerprint density at radius 3 is 3.00 bits per heavy atom. The Balaban J connectivity index is 2.22. The van der Waals surface area contributed by atoms with Crippen LogP contribution in [0.2, 0.25) is 0 Å². The van der Waals surface area contributed by atoms with Gasteiger partial charge in [0.15, 0.2) is 0 Å². The van der Waals surface area contributed by atoms with Crippen LogP contribution in [-0.2, 0) is 7.05 Å². The van der Waals surface area contributed by atoms with Crippen molar-refractivity contribution in [1.82, 2.24) is 9.88 Å². The summed E-state index contributed by atoms with van der Waals surface area (Å²) >= 11 is 3.56. The second kappa shape index (κ2) is 4.31. The lowest BCUT2D eigenvalue weighted by Crippen LogP contribution is -2.19. The SMILES string of the molecule is Cn1cc(C2=CCNCC2)c2cc(Br)ccc21. The molecule has 0 amide bonds. The van der Waals surface area contributed by atoms with Gasteiger partial charge >= 0.3 is 0 Å². The van der Waals surface area contributed by atoms with Crippen molar-refractivity contribution in [1.29, 1.82) is 0 Å². The fourth-order valence-corrected chi connectivity index (χ4v) is 2.85. The van der Waals surface area contributed by atoms with Crippen LogP contribution in [-0.4, -0.2) is 17.7 Å². The van der Waals surface area contributed by atoms with Crippen LogP contribution in [0.5, 0.6) is 0 Å². The predicted octanol–water partition coefficient (Wildman–Crippen LogP) is 3.32. The molecule has 1 aromatic carbocycles. The maximum atomic E-state index is 3.56. The summed E-state index contributed by atoms with van der Waals surface area (Å²) in [6.07, 6.45) is 5.67. The van der Waals surface area contributed by atoms with Crippen LogP contribution in [0.15, 0.2) is 34.9 Å². The van der Waals surface area contributed by atoms with E-state index in [0.29, 0.717) is 0 Å². The molecule has 0 spiro atoms. The summed E-state index contributed by atoms with van der Waals surface area (Å²) in [4.78, 5) is 0. The fourth-order valence-electron chi connectivity index (χ4n) is 2.49. The van der Waals surface area contributed by atoms with Gasteiger partial charge in [-0.05, 0) is 36.7 Å². The van der Waals surface area contributed by atoms with Gasteiger partial charge in [-0.25, -0.2) is 0 Å². The third kappa shape index (κ3) is 1.94. The van der Waals surface area contributed by atoms with Gasteiger partial charge in [0, 0.05) is 40.7 Å². The molecule has 1 N–H and O–H groups in total. The first-order valence-corrected chi connectivity index (χ1v) is 6.70. The van der Waals surface area contributed by atoms with E-state index < -0.39 is 0 Å². The van der Waals surface area contributed by atoms with Gasteiger partial charge in [0.05, 0.1) is 0 Å². The molecule has 1 aliphatic rings. The molecule has 0 saturated carbocycles. The number of benzene rings is 1. The van der Waals surface area contributed by atoms with E-state index >= 15 is 0 Å². The Labute approximate surface area is 109 Å². The number of rotatable bonds is 1. The lowest BCUT2D eigenvalue weighted by Gasteiger charge is -2.13. The largest absolute Gasteiger partial charge is 0.350 e. The van der Waals surface area contributed by atoms with Gasteiger partial charge in [0.2, 0.25) is 0 Å². The minimum atomic E-state index is 0.986. The van der Waals surface area contributed by atoms with Gasteiger partial charge in [-0.2, -0.15) is 0 Å². The van der Waals surface area contributed by atoms with Crippen molar-refractivity contribution >= 4 is 32.4 Å². The molecule has 0 atom stereocenters. The third-order valence-electron chi connectivity index (χ3n) is 3.36. The van der Waals surface area contributed by atoms with E-state index in [0.717, 1.165) is 24.0 Å². The summed E-state index contributed by atoms with van der Waals surface area (Å²) in [6.45, 7) is 2.07. The molecule has 0 saturated heterocycles. The van der Waals surface area contributed by atoms with Crippen molar-refractivity contribution in [2.45, 2.75) is 6.42 Å². The second-order valence-corrected chi connectivity index (χ2v) is 5.41. The Morgan fingerprint density at radius 1 is 1.35 bits per heavy atom. The lowest BCUT2D eigenvalue weighted by molar-refractivity contribution is 0.738. The molecule has 1 aliphatic heterocycles. The molecule has 0 fully saturated rings. The summed E-state index contributed by atoms with van der Waals surface area (Å²) in [7, 11) is 2.11. The van der Waals surface area contributed by atoms with Crippen LogP contribution in [0.3, 0.4) is 0 Å². The number of aryl methyl sites for hydroxylation is 1. The maximum absolute atomic E-state index is 3.56. The number of nitrogens with zero attached hydrogens (tertiary/aromatic N) is 1. The van der Waals surface area contributed by atoms with Crippen molar-refractivity contribution in [3.8, 4) is 0 Å². The van der Waals surface area contributed by atoms with Crippen molar-refractivity contribution in [3.05, 3.63) is 40.5 Å². The first kappa shape index (κ1) is 11.1. The van der Waals surface area contributed by atoms with Crippen LogP contribution in [0.4, 0.5) is 0 Å². The average molecular weight is 291 g/mol. The zero-order valence-corrected chi connectivity index (χ0v) is 11.4. The highest BCUT2D eigenvalue weighted by molar-refractivity contribution is 9.10. The number of hydrogen-bond donors (Lipinski definition) is 1. The molecule has 2 aromatic rings. The molecule has 17 heavy (non-hydrogen) atoms. The standard InChI is InChI=1S/C14H15BrN2/c1-17-9-13(10-4-6-16-7-5-10)12-8-11(15)2-3-14(12)17/h2-4,8-9,16H,5-7H2,1H3. The molecule has 0 unspecified atom stereocenters. The Kier molecular flexibility index (Phi) is 2.81. The molecular formula is C14H15BrN2. The molecule has 2 nitrogen and oxygen atoms in total. The summed E-state index contributed by atoms with van der Waals surface area (Å²) < 4.78 is 3.35. The minimum absolute atomic E-state index is 0.986. The second-order valence-electron chi connectivity index (χ2n) is 4.50. The van der Waals surface area contributed by atoms with Gasteiger partial charge in [-0.3, -0.25) is 0 Å². The zero-order valence-electron chi connectivity index (χ0n) is 9.83. The van der Waals surface area contributed by atoms with E-state index in [2.05, 4.69) is 63.3 Å². The topological polar surface area (TPSA) is 17.0 Å². The Hall–Kier alpha value is -1.06. The van der Waals surface area contributed by atoms with Crippen LogP contribution in [0.25, 0.3) is 16.5 Å². The first-order valence-electron chi connectivity index (χ1n) is 5.90. The molecule has 88 valence electrons. The maximum Gasteiger partial charge on any atom is 0.0484 e. The highest BCUT2D eigenvalue weighted by atomic mass is 79.9. The number of aromatic nitrogens is 1. The van der Waals surface area contributed by atoms with Gasteiger partial charge in [-0.1, -0.05) is 22.0 Å². The van der Waals surface area contributed by atoms with E-state index in [9.17, 15) is 0 Å². The summed E-state index contributed by atoms with van der Waals surface area (Å²) in [6, 6.07) is 6.49. The van der Waals surface area contributed by atoms with Crippen LogP contribution in [0, 0.1) is 0 Å². The van der Waals surface area contributed by atoms with Gasteiger partial charge in [0.25, 0.3) is 0 Å².